The molecular weight excluding hydrogens is 172 g/mol. The second-order valence-electron chi connectivity index (χ2n) is 1.20. The van der Waals surface area contributed by atoms with Gasteiger partial charge in [0.05, 0.1) is 12.0 Å². The van der Waals surface area contributed by atoms with E-state index in [0.29, 0.717) is 0 Å². The molecule has 0 spiro atoms. The van der Waals surface area contributed by atoms with E-state index in [9.17, 15) is 10.2 Å². The van der Waals surface area contributed by atoms with E-state index in [1.807, 2.05) is 0 Å². The maximum absolute atomic E-state index is 10.1. The van der Waals surface area contributed by atoms with Crippen LogP contribution in [0.4, 0.5) is 0 Å². The fourth-order valence-electron chi connectivity index (χ4n) is 0.328. The number of aromatic hydroxyl groups is 1. The zero-order chi connectivity index (χ0) is 6.85. The molecule has 1 rings (SSSR count). The average molecular weight is 173 g/mol. The first kappa shape index (κ1) is 14.0. The summed E-state index contributed by atoms with van der Waals surface area (Å²) in [5, 5.41) is 28.5. The van der Waals surface area contributed by atoms with Crippen LogP contribution in [-0.4, -0.2) is 20.1 Å². The van der Waals surface area contributed by atoms with Crippen molar-refractivity contribution in [1.29, 1.82) is 0 Å². The number of nitrogens with zero attached hydrogens (tertiary/aromatic N) is 3. The third-order valence-corrected chi connectivity index (χ3v) is 0.583. The third-order valence-electron chi connectivity index (χ3n) is 0.583. The third kappa shape index (κ3) is 4.78. The molecule has 0 unspecified atom stereocenters. The van der Waals surface area contributed by atoms with E-state index in [1.54, 1.807) is 0 Å². The molecule has 1 N–H and O–H groups in total. The molecule has 0 aliphatic heterocycles. The van der Waals surface area contributed by atoms with Crippen LogP contribution in [0.5, 0.6) is 18.0 Å². The number of hydrogen-bond acceptors (Lipinski definition) is 6. The molecule has 48 valence electrons. The summed E-state index contributed by atoms with van der Waals surface area (Å²) in [6.45, 7) is 0. The van der Waals surface area contributed by atoms with Gasteiger partial charge in [0.2, 0.25) is 0 Å². The quantitative estimate of drug-likeness (QED) is 0.390. The molecule has 0 aliphatic rings. The SMILES string of the molecule is [Na+].[Na+].[O-]c1nc([O-])nc(O)n1. The molecule has 6 nitrogen and oxygen atoms in total. The fraction of sp³-hybridized carbons (Fsp3) is 0. The minimum Gasteiger partial charge on any atom is -0.844 e. The molecule has 0 saturated carbocycles. The van der Waals surface area contributed by atoms with Gasteiger partial charge in [-0.3, -0.25) is 0 Å². The van der Waals surface area contributed by atoms with Crippen LogP contribution < -0.4 is 69.3 Å². The molecule has 8 heteroatoms. The van der Waals surface area contributed by atoms with Gasteiger partial charge in [-0.25, -0.2) is 4.98 Å². The van der Waals surface area contributed by atoms with Crippen molar-refractivity contribution in [3.05, 3.63) is 0 Å². The maximum atomic E-state index is 10.1. The van der Waals surface area contributed by atoms with E-state index in [-0.39, 0.29) is 59.1 Å². The van der Waals surface area contributed by atoms with Crippen LogP contribution in [0.15, 0.2) is 0 Å². The van der Waals surface area contributed by atoms with Crippen molar-refractivity contribution in [2.24, 2.45) is 0 Å². The molecule has 11 heavy (non-hydrogen) atoms. The predicted octanol–water partition coefficient (Wildman–Crippen LogP) is -8.27. The Hall–Kier alpha value is 0.410. The summed E-state index contributed by atoms with van der Waals surface area (Å²) < 4.78 is 0. The van der Waals surface area contributed by atoms with Gasteiger partial charge in [0.25, 0.3) is 0 Å². The minimum absolute atomic E-state index is 0. The number of hydrogen-bond donors (Lipinski definition) is 1. The Kier molecular flexibility index (Phi) is 7.60. The monoisotopic (exact) mass is 173 g/mol. The fourth-order valence-corrected chi connectivity index (χ4v) is 0.328. The molecule has 0 aliphatic carbocycles. The second kappa shape index (κ2) is 5.99. The molecule has 0 bridgehead atoms. The normalized spacial score (nSPS) is 7.64. The summed E-state index contributed by atoms with van der Waals surface area (Å²) in [6.07, 6.45) is 0. The summed E-state index contributed by atoms with van der Waals surface area (Å²) in [5.41, 5.74) is 0. The minimum atomic E-state index is -1.02. The Morgan fingerprint density at radius 3 is 1.55 bits per heavy atom. The summed E-state index contributed by atoms with van der Waals surface area (Å²) >= 11 is 0. The van der Waals surface area contributed by atoms with Gasteiger partial charge in [-0.05, 0) is 0 Å². The number of rotatable bonds is 0. The number of aromatic nitrogens is 3. The van der Waals surface area contributed by atoms with E-state index in [2.05, 4.69) is 15.0 Å². The standard InChI is InChI=1S/C3H3N3O3.2Na/c7-1-4-2(8)6-3(9)5-1;;/h(H3,4,5,6,7,8,9);;/q;2*+1/p-2. The van der Waals surface area contributed by atoms with Crippen LogP contribution in [0.3, 0.4) is 0 Å². The van der Waals surface area contributed by atoms with Gasteiger partial charge in [0.15, 0.2) is 0 Å². The Labute approximate surface area is 106 Å². The summed E-state index contributed by atoms with van der Waals surface area (Å²) in [6, 6.07) is -2.88. The topological polar surface area (TPSA) is 105 Å². The first-order chi connectivity index (χ1) is 4.18. The van der Waals surface area contributed by atoms with Gasteiger partial charge in [-0.15, -0.1) is 0 Å². The molecule has 1 heterocycles. The van der Waals surface area contributed by atoms with Crippen molar-refractivity contribution in [2.45, 2.75) is 0 Å². The van der Waals surface area contributed by atoms with E-state index >= 15 is 0 Å². The maximum Gasteiger partial charge on any atom is 1.00 e. The largest absolute Gasteiger partial charge is 1.00 e. The molecule has 1 aromatic rings. The van der Waals surface area contributed by atoms with Crippen molar-refractivity contribution >= 4 is 0 Å². The van der Waals surface area contributed by atoms with E-state index in [0.717, 1.165) is 0 Å². The summed E-state index contributed by atoms with van der Waals surface area (Å²) in [7, 11) is 0. The van der Waals surface area contributed by atoms with Crippen LogP contribution in [0, 0.1) is 0 Å². The van der Waals surface area contributed by atoms with Gasteiger partial charge < -0.3 is 15.3 Å². The van der Waals surface area contributed by atoms with Crippen molar-refractivity contribution in [3.8, 4) is 18.0 Å². The molecule has 1 aromatic heterocycles. The molecule has 0 saturated heterocycles. The van der Waals surface area contributed by atoms with Crippen molar-refractivity contribution in [2.75, 3.05) is 0 Å². The van der Waals surface area contributed by atoms with Gasteiger partial charge in [-0.2, -0.15) is 9.97 Å². The van der Waals surface area contributed by atoms with E-state index < -0.39 is 18.0 Å². The van der Waals surface area contributed by atoms with Crippen LogP contribution in [0.2, 0.25) is 0 Å². The molecule has 0 aromatic carbocycles. The molecular formula is C3HN3Na2O3. The van der Waals surface area contributed by atoms with Crippen molar-refractivity contribution < 1.29 is 74.4 Å². The Bertz CT molecular complexity index is 183. The van der Waals surface area contributed by atoms with Gasteiger partial charge in [0.1, 0.15) is 0 Å². The summed E-state index contributed by atoms with van der Waals surface area (Å²) in [5.74, 6) is 0. The van der Waals surface area contributed by atoms with Gasteiger partial charge >= 0.3 is 65.1 Å². The van der Waals surface area contributed by atoms with E-state index in [1.165, 1.54) is 0 Å². The Morgan fingerprint density at radius 2 is 1.27 bits per heavy atom. The van der Waals surface area contributed by atoms with E-state index in [4.69, 9.17) is 5.11 Å². The molecule has 0 amide bonds. The van der Waals surface area contributed by atoms with Crippen LogP contribution in [0.1, 0.15) is 0 Å². The zero-order valence-electron chi connectivity index (χ0n) is 6.11. The Balaban J connectivity index is 0. The molecule has 0 fully saturated rings. The first-order valence-electron chi connectivity index (χ1n) is 1.97. The zero-order valence-corrected chi connectivity index (χ0v) is 10.1. The average Bonchev–Trinajstić information content (AvgIpc) is 1.59. The molecule has 0 radical (unpaired) electrons. The Morgan fingerprint density at radius 1 is 0.909 bits per heavy atom. The summed E-state index contributed by atoms with van der Waals surface area (Å²) in [4.78, 5) is 8.37. The smallest absolute Gasteiger partial charge is 0.844 e. The van der Waals surface area contributed by atoms with Crippen molar-refractivity contribution in [3.63, 3.8) is 0 Å². The van der Waals surface area contributed by atoms with Crippen LogP contribution >= 0.6 is 0 Å². The second-order valence-corrected chi connectivity index (χ2v) is 1.20. The van der Waals surface area contributed by atoms with Crippen molar-refractivity contribution in [1.82, 2.24) is 15.0 Å². The van der Waals surface area contributed by atoms with Gasteiger partial charge in [0, 0.05) is 0 Å². The predicted molar refractivity (Wildman–Crippen MR) is 20.4 cm³/mol. The molecule has 0 atom stereocenters. The van der Waals surface area contributed by atoms with Crippen LogP contribution in [0.25, 0.3) is 0 Å². The van der Waals surface area contributed by atoms with Gasteiger partial charge in [-0.1, -0.05) is 0 Å². The van der Waals surface area contributed by atoms with Crippen LogP contribution in [-0.2, 0) is 0 Å². The first-order valence-corrected chi connectivity index (χ1v) is 1.97.